The lowest BCUT2D eigenvalue weighted by molar-refractivity contribution is -0.123. The largest absolute Gasteiger partial charge is 0.449 e. The molecule has 0 spiro atoms. The van der Waals surface area contributed by atoms with E-state index in [1.165, 1.54) is 13.0 Å². The van der Waals surface area contributed by atoms with E-state index in [1.807, 2.05) is 32.0 Å². The van der Waals surface area contributed by atoms with Gasteiger partial charge in [0.1, 0.15) is 5.82 Å². The second-order valence-corrected chi connectivity index (χ2v) is 6.33. The van der Waals surface area contributed by atoms with Crippen molar-refractivity contribution in [2.24, 2.45) is 0 Å². The van der Waals surface area contributed by atoms with Gasteiger partial charge in [-0.3, -0.25) is 4.79 Å². The van der Waals surface area contributed by atoms with Gasteiger partial charge in [-0.2, -0.15) is 0 Å². The highest BCUT2D eigenvalue weighted by Gasteiger charge is 2.21. The quantitative estimate of drug-likeness (QED) is 0.783. The van der Waals surface area contributed by atoms with Crippen molar-refractivity contribution >= 4 is 33.5 Å². The molecule has 1 amide bonds. The Morgan fingerprint density at radius 3 is 2.54 bits per heavy atom. The molecule has 0 fully saturated rings. The fourth-order valence-electron chi connectivity index (χ4n) is 2.04. The van der Waals surface area contributed by atoms with Crippen LogP contribution < -0.4 is 5.32 Å². The van der Waals surface area contributed by atoms with Gasteiger partial charge in [0.25, 0.3) is 5.91 Å². The Labute approximate surface area is 148 Å². The van der Waals surface area contributed by atoms with Crippen LogP contribution in [0.2, 0.25) is 0 Å². The van der Waals surface area contributed by atoms with E-state index in [0.717, 1.165) is 23.3 Å². The van der Waals surface area contributed by atoms with Gasteiger partial charge < -0.3 is 10.1 Å². The first-order chi connectivity index (χ1) is 11.3. The summed E-state index contributed by atoms with van der Waals surface area (Å²) in [5.74, 6) is -1.61. The monoisotopic (exact) mass is 393 g/mol. The van der Waals surface area contributed by atoms with Gasteiger partial charge in [-0.15, -0.1) is 0 Å². The zero-order valence-electron chi connectivity index (χ0n) is 13.5. The molecule has 2 aromatic rings. The van der Waals surface area contributed by atoms with Crippen molar-refractivity contribution in [2.45, 2.75) is 26.9 Å². The molecular weight excluding hydrogens is 377 g/mol. The van der Waals surface area contributed by atoms with Crippen LogP contribution >= 0.6 is 15.9 Å². The van der Waals surface area contributed by atoms with Crippen LogP contribution in [0.3, 0.4) is 0 Å². The minimum atomic E-state index is -0.991. The van der Waals surface area contributed by atoms with Gasteiger partial charge in [0.15, 0.2) is 6.10 Å². The van der Waals surface area contributed by atoms with Crippen LogP contribution in [0, 0.1) is 19.7 Å². The van der Waals surface area contributed by atoms with Crippen LogP contribution in [-0.2, 0) is 9.53 Å². The minimum absolute atomic E-state index is 0.155. The van der Waals surface area contributed by atoms with Gasteiger partial charge in [-0.05, 0) is 72.1 Å². The summed E-state index contributed by atoms with van der Waals surface area (Å²) in [7, 11) is 0. The zero-order chi connectivity index (χ0) is 17.9. The Morgan fingerprint density at radius 2 is 1.88 bits per heavy atom. The first-order valence-electron chi connectivity index (χ1n) is 7.32. The Balaban J connectivity index is 2.05. The summed E-state index contributed by atoms with van der Waals surface area (Å²) in [6.45, 7) is 5.28. The molecule has 6 heteroatoms. The maximum Gasteiger partial charge on any atom is 0.340 e. The number of ether oxygens (including phenoxy) is 1. The van der Waals surface area contributed by atoms with E-state index in [-0.39, 0.29) is 10.0 Å². The molecule has 0 saturated heterocycles. The molecule has 24 heavy (non-hydrogen) atoms. The first kappa shape index (κ1) is 18.1. The number of esters is 1. The van der Waals surface area contributed by atoms with Crippen molar-refractivity contribution in [3.8, 4) is 0 Å². The summed E-state index contributed by atoms with van der Waals surface area (Å²) in [5.41, 5.74) is 2.75. The van der Waals surface area contributed by atoms with Crippen molar-refractivity contribution in [1.29, 1.82) is 0 Å². The van der Waals surface area contributed by atoms with Crippen LogP contribution in [0.25, 0.3) is 0 Å². The molecule has 0 aromatic heterocycles. The van der Waals surface area contributed by atoms with Crippen LogP contribution in [0.5, 0.6) is 0 Å². The van der Waals surface area contributed by atoms with E-state index in [2.05, 4.69) is 21.2 Å². The highest BCUT2D eigenvalue weighted by atomic mass is 79.9. The van der Waals surface area contributed by atoms with E-state index in [0.29, 0.717) is 5.69 Å². The number of amides is 1. The third-order valence-electron chi connectivity index (χ3n) is 3.46. The Kier molecular flexibility index (Phi) is 5.72. The standard InChI is InChI=1S/C18H17BrFNO3/c1-10-4-5-11(2)16(8-10)21-17(22)12(3)24-18(23)14-7-6-13(20)9-15(14)19/h4-9,12H,1-3H3,(H,21,22)/t12-/m1/s1. The highest BCUT2D eigenvalue weighted by molar-refractivity contribution is 9.10. The molecule has 0 saturated carbocycles. The summed E-state index contributed by atoms with van der Waals surface area (Å²) in [4.78, 5) is 24.3. The Morgan fingerprint density at radius 1 is 1.17 bits per heavy atom. The maximum atomic E-state index is 13.1. The van der Waals surface area contributed by atoms with Gasteiger partial charge in [0, 0.05) is 10.2 Å². The normalized spacial score (nSPS) is 11.7. The van der Waals surface area contributed by atoms with Crippen LogP contribution in [0.15, 0.2) is 40.9 Å². The predicted octanol–water partition coefficient (Wildman–Crippen LogP) is 4.39. The Bertz CT molecular complexity index is 792. The molecule has 1 N–H and O–H groups in total. The lowest BCUT2D eigenvalue weighted by Crippen LogP contribution is -2.30. The predicted molar refractivity (Wildman–Crippen MR) is 93.5 cm³/mol. The molecule has 0 aliphatic carbocycles. The number of benzene rings is 2. The molecule has 0 aliphatic rings. The first-order valence-corrected chi connectivity index (χ1v) is 8.11. The second-order valence-electron chi connectivity index (χ2n) is 5.48. The van der Waals surface area contributed by atoms with Gasteiger partial charge in [-0.1, -0.05) is 12.1 Å². The molecule has 2 aromatic carbocycles. The van der Waals surface area contributed by atoms with Gasteiger partial charge in [0.05, 0.1) is 5.56 Å². The van der Waals surface area contributed by atoms with Gasteiger partial charge >= 0.3 is 5.97 Å². The van der Waals surface area contributed by atoms with Crippen LogP contribution in [0.1, 0.15) is 28.4 Å². The fourth-order valence-corrected chi connectivity index (χ4v) is 2.55. The molecule has 0 bridgehead atoms. The van der Waals surface area contributed by atoms with Crippen molar-refractivity contribution in [3.63, 3.8) is 0 Å². The molecule has 2 rings (SSSR count). The highest BCUT2D eigenvalue weighted by Crippen LogP contribution is 2.20. The topological polar surface area (TPSA) is 55.4 Å². The number of hydrogen-bond acceptors (Lipinski definition) is 3. The van der Waals surface area contributed by atoms with Crippen molar-refractivity contribution in [2.75, 3.05) is 5.32 Å². The summed E-state index contributed by atoms with van der Waals surface area (Å²) in [5, 5.41) is 2.74. The molecule has 0 unspecified atom stereocenters. The fraction of sp³-hybridized carbons (Fsp3) is 0.222. The number of aryl methyl sites for hydroxylation is 2. The van der Waals surface area contributed by atoms with E-state index >= 15 is 0 Å². The number of anilines is 1. The SMILES string of the molecule is Cc1ccc(C)c(NC(=O)[C@@H](C)OC(=O)c2ccc(F)cc2Br)c1. The van der Waals surface area contributed by atoms with Crippen molar-refractivity contribution in [3.05, 3.63) is 63.4 Å². The van der Waals surface area contributed by atoms with E-state index in [4.69, 9.17) is 4.74 Å². The number of carbonyl (C=O) groups is 2. The average molecular weight is 394 g/mol. The van der Waals surface area contributed by atoms with E-state index in [9.17, 15) is 14.0 Å². The summed E-state index contributed by atoms with van der Waals surface area (Å²) >= 11 is 3.10. The molecule has 4 nitrogen and oxygen atoms in total. The summed E-state index contributed by atoms with van der Waals surface area (Å²) < 4.78 is 18.5. The number of carbonyl (C=O) groups excluding carboxylic acids is 2. The minimum Gasteiger partial charge on any atom is -0.449 e. The molecule has 0 aliphatic heterocycles. The zero-order valence-corrected chi connectivity index (χ0v) is 15.1. The van der Waals surface area contributed by atoms with Gasteiger partial charge in [-0.25, -0.2) is 9.18 Å². The number of rotatable bonds is 4. The smallest absolute Gasteiger partial charge is 0.340 e. The molecule has 126 valence electrons. The van der Waals surface area contributed by atoms with Crippen molar-refractivity contribution < 1.29 is 18.7 Å². The van der Waals surface area contributed by atoms with E-state index in [1.54, 1.807) is 0 Å². The summed E-state index contributed by atoms with van der Waals surface area (Å²) in [6.07, 6.45) is -0.991. The number of nitrogens with one attached hydrogen (secondary N) is 1. The van der Waals surface area contributed by atoms with Crippen molar-refractivity contribution in [1.82, 2.24) is 0 Å². The third kappa shape index (κ3) is 4.41. The lowest BCUT2D eigenvalue weighted by atomic mass is 10.1. The van der Waals surface area contributed by atoms with E-state index < -0.39 is 23.8 Å². The van der Waals surface area contributed by atoms with Crippen LogP contribution in [-0.4, -0.2) is 18.0 Å². The average Bonchev–Trinajstić information content (AvgIpc) is 2.50. The molecular formula is C18H17BrFNO3. The van der Waals surface area contributed by atoms with Crippen LogP contribution in [0.4, 0.5) is 10.1 Å². The Hall–Kier alpha value is -2.21. The summed E-state index contributed by atoms with van der Waals surface area (Å²) in [6, 6.07) is 9.31. The molecule has 0 radical (unpaired) electrons. The lowest BCUT2D eigenvalue weighted by Gasteiger charge is -2.15. The number of halogens is 2. The molecule has 0 heterocycles. The molecule has 1 atom stereocenters. The maximum absolute atomic E-state index is 13.1. The number of hydrogen-bond donors (Lipinski definition) is 1. The second kappa shape index (κ2) is 7.57. The third-order valence-corrected chi connectivity index (χ3v) is 4.11. The van der Waals surface area contributed by atoms with Gasteiger partial charge in [0.2, 0.25) is 0 Å².